The first kappa shape index (κ1) is 10.9. The fourth-order valence-corrected chi connectivity index (χ4v) is 1.44. The molecule has 0 aliphatic rings. The predicted molar refractivity (Wildman–Crippen MR) is 53.3 cm³/mol. The maximum atomic E-state index is 13.4. The zero-order chi connectivity index (χ0) is 10.9. The highest BCUT2D eigenvalue weighted by Gasteiger charge is 2.18. The second-order valence-corrected chi connectivity index (χ2v) is 3.47. The van der Waals surface area contributed by atoms with Crippen LogP contribution in [-0.4, -0.2) is 14.1 Å². The first-order chi connectivity index (χ1) is 6.45. The van der Waals surface area contributed by atoms with Gasteiger partial charge < -0.3 is 10.6 Å². The van der Waals surface area contributed by atoms with E-state index < -0.39 is 17.7 Å². The smallest absolute Gasteiger partial charge is 0.147 e. The van der Waals surface area contributed by atoms with E-state index in [1.54, 1.807) is 21.0 Å². The van der Waals surface area contributed by atoms with Crippen molar-refractivity contribution < 1.29 is 8.78 Å². The lowest BCUT2D eigenvalue weighted by atomic mass is 10.0. The Morgan fingerprint density at radius 2 is 1.71 bits per heavy atom. The molecule has 2 nitrogen and oxygen atoms in total. The molecule has 78 valence electrons. The Bertz CT molecular complexity index is 302. The molecule has 0 aliphatic heterocycles. The largest absolute Gasteiger partial charge is 0.375 e. The highest BCUT2D eigenvalue weighted by molar-refractivity contribution is 5.55. The average Bonchev–Trinajstić information content (AvgIpc) is 2.07. The first-order valence-electron chi connectivity index (χ1n) is 4.36. The van der Waals surface area contributed by atoms with Crippen LogP contribution in [0.1, 0.15) is 18.5 Å². The summed E-state index contributed by atoms with van der Waals surface area (Å²) in [6, 6.07) is 1.68. The van der Waals surface area contributed by atoms with Gasteiger partial charge in [-0.1, -0.05) is 0 Å². The Labute approximate surface area is 82.3 Å². The molecule has 2 N–H and O–H groups in total. The lowest BCUT2D eigenvalue weighted by molar-refractivity contribution is 0.571. The normalized spacial score (nSPS) is 12.7. The molecular weight excluding hydrogens is 186 g/mol. The Morgan fingerprint density at radius 1 is 1.21 bits per heavy atom. The number of anilines is 1. The van der Waals surface area contributed by atoms with Crippen molar-refractivity contribution in [2.24, 2.45) is 5.73 Å². The molecule has 1 rings (SSSR count). The minimum atomic E-state index is -0.525. The summed E-state index contributed by atoms with van der Waals surface area (Å²) in [5.74, 6) is -0.922. The zero-order valence-electron chi connectivity index (χ0n) is 8.51. The molecule has 0 heterocycles. The summed E-state index contributed by atoms with van der Waals surface area (Å²) in [5.41, 5.74) is 6.03. The molecule has 0 fully saturated rings. The van der Waals surface area contributed by atoms with Crippen LogP contribution in [0.2, 0.25) is 0 Å². The van der Waals surface area contributed by atoms with Crippen molar-refractivity contribution in [1.82, 2.24) is 0 Å². The molecule has 0 saturated heterocycles. The van der Waals surface area contributed by atoms with Crippen LogP contribution >= 0.6 is 0 Å². The van der Waals surface area contributed by atoms with Gasteiger partial charge >= 0.3 is 0 Å². The van der Waals surface area contributed by atoms with E-state index in [-0.39, 0.29) is 11.3 Å². The van der Waals surface area contributed by atoms with Gasteiger partial charge in [0, 0.05) is 25.7 Å². The van der Waals surface area contributed by atoms with Crippen molar-refractivity contribution in [3.8, 4) is 0 Å². The number of hydrogen-bond acceptors (Lipinski definition) is 2. The number of halogens is 2. The number of rotatable bonds is 2. The van der Waals surface area contributed by atoms with Crippen LogP contribution in [0.15, 0.2) is 12.1 Å². The molecule has 0 amide bonds. The number of hydrogen-bond donors (Lipinski definition) is 1. The van der Waals surface area contributed by atoms with Gasteiger partial charge in [0.05, 0.1) is 5.69 Å². The van der Waals surface area contributed by atoms with Crippen molar-refractivity contribution in [2.45, 2.75) is 13.0 Å². The Hall–Kier alpha value is -1.16. The predicted octanol–water partition coefficient (Wildman–Crippen LogP) is 2.05. The van der Waals surface area contributed by atoms with E-state index in [4.69, 9.17) is 5.73 Å². The topological polar surface area (TPSA) is 29.3 Å². The van der Waals surface area contributed by atoms with Gasteiger partial charge in [-0.3, -0.25) is 0 Å². The third-order valence-corrected chi connectivity index (χ3v) is 2.02. The van der Waals surface area contributed by atoms with E-state index in [0.29, 0.717) is 0 Å². The molecule has 1 unspecified atom stereocenters. The van der Waals surface area contributed by atoms with Gasteiger partial charge in [-0.05, 0) is 19.1 Å². The van der Waals surface area contributed by atoms with Crippen LogP contribution in [0.25, 0.3) is 0 Å². The Kier molecular flexibility index (Phi) is 3.06. The Balaban J connectivity index is 3.42. The summed E-state index contributed by atoms with van der Waals surface area (Å²) in [4.78, 5) is 1.52. The second-order valence-electron chi connectivity index (χ2n) is 3.47. The fourth-order valence-electron chi connectivity index (χ4n) is 1.44. The molecule has 1 atom stereocenters. The molecule has 0 spiro atoms. The molecule has 0 bridgehead atoms. The van der Waals surface area contributed by atoms with Gasteiger partial charge in [0.25, 0.3) is 0 Å². The first-order valence-corrected chi connectivity index (χ1v) is 4.36. The fraction of sp³-hybridized carbons (Fsp3) is 0.400. The number of benzene rings is 1. The minimum Gasteiger partial charge on any atom is -0.375 e. The summed E-state index contributed by atoms with van der Waals surface area (Å²) >= 11 is 0. The van der Waals surface area contributed by atoms with Crippen LogP contribution in [-0.2, 0) is 0 Å². The molecule has 14 heavy (non-hydrogen) atoms. The SMILES string of the molecule is CC(N)c1c(F)ccc(F)c1N(C)C. The average molecular weight is 200 g/mol. The van der Waals surface area contributed by atoms with Crippen LogP contribution < -0.4 is 10.6 Å². The number of nitrogens with two attached hydrogens (primary N) is 1. The van der Waals surface area contributed by atoms with E-state index in [0.717, 1.165) is 12.1 Å². The molecule has 4 heteroatoms. The van der Waals surface area contributed by atoms with Gasteiger partial charge in [0.2, 0.25) is 0 Å². The molecule has 0 aromatic heterocycles. The second kappa shape index (κ2) is 3.92. The van der Waals surface area contributed by atoms with E-state index in [9.17, 15) is 8.78 Å². The highest BCUT2D eigenvalue weighted by atomic mass is 19.1. The maximum Gasteiger partial charge on any atom is 0.147 e. The molecule has 0 radical (unpaired) electrons. The van der Waals surface area contributed by atoms with Gasteiger partial charge in [0.1, 0.15) is 11.6 Å². The lowest BCUT2D eigenvalue weighted by Crippen LogP contribution is -2.18. The van der Waals surface area contributed by atoms with E-state index in [1.807, 2.05) is 0 Å². The quantitative estimate of drug-likeness (QED) is 0.791. The van der Waals surface area contributed by atoms with Crippen molar-refractivity contribution in [1.29, 1.82) is 0 Å². The zero-order valence-corrected chi connectivity index (χ0v) is 8.51. The van der Waals surface area contributed by atoms with Crippen molar-refractivity contribution >= 4 is 5.69 Å². The van der Waals surface area contributed by atoms with Gasteiger partial charge in [0.15, 0.2) is 0 Å². The van der Waals surface area contributed by atoms with Crippen LogP contribution in [0.4, 0.5) is 14.5 Å². The highest BCUT2D eigenvalue weighted by Crippen LogP contribution is 2.29. The van der Waals surface area contributed by atoms with Gasteiger partial charge in [-0.25, -0.2) is 8.78 Å². The standard InChI is InChI=1S/C10H14F2N2/c1-6(13)9-7(11)4-5-8(12)10(9)14(2)3/h4-6H,13H2,1-3H3. The third kappa shape index (κ3) is 1.85. The molecule has 1 aromatic rings. The maximum absolute atomic E-state index is 13.4. The van der Waals surface area contributed by atoms with E-state index in [2.05, 4.69) is 0 Å². The lowest BCUT2D eigenvalue weighted by Gasteiger charge is -2.20. The molecule has 0 aliphatic carbocycles. The molecule has 0 saturated carbocycles. The minimum absolute atomic E-state index is 0.218. The van der Waals surface area contributed by atoms with Gasteiger partial charge in [-0.15, -0.1) is 0 Å². The summed E-state index contributed by atoms with van der Waals surface area (Å²) in [6.45, 7) is 1.63. The van der Waals surface area contributed by atoms with Crippen LogP contribution in [0.5, 0.6) is 0 Å². The third-order valence-electron chi connectivity index (χ3n) is 2.02. The number of nitrogens with zero attached hydrogens (tertiary/aromatic N) is 1. The summed E-state index contributed by atoms with van der Waals surface area (Å²) < 4.78 is 26.7. The van der Waals surface area contributed by atoms with Crippen LogP contribution in [0.3, 0.4) is 0 Å². The summed E-state index contributed by atoms with van der Waals surface area (Å²) in [5, 5.41) is 0. The molecular formula is C10H14F2N2. The van der Waals surface area contributed by atoms with Crippen molar-refractivity contribution in [3.63, 3.8) is 0 Å². The van der Waals surface area contributed by atoms with Gasteiger partial charge in [-0.2, -0.15) is 0 Å². The van der Waals surface area contributed by atoms with Crippen LogP contribution in [0, 0.1) is 11.6 Å². The monoisotopic (exact) mass is 200 g/mol. The van der Waals surface area contributed by atoms with E-state index in [1.165, 1.54) is 4.90 Å². The summed E-state index contributed by atoms with van der Waals surface area (Å²) in [7, 11) is 3.31. The molecule has 1 aromatic carbocycles. The summed E-state index contributed by atoms with van der Waals surface area (Å²) in [6.07, 6.45) is 0. The van der Waals surface area contributed by atoms with Crippen molar-refractivity contribution in [2.75, 3.05) is 19.0 Å². The Morgan fingerprint density at radius 3 is 2.07 bits per heavy atom. The van der Waals surface area contributed by atoms with Crippen molar-refractivity contribution in [3.05, 3.63) is 29.3 Å². The van der Waals surface area contributed by atoms with E-state index >= 15 is 0 Å².